The van der Waals surface area contributed by atoms with Gasteiger partial charge in [-0.1, -0.05) is 36.4 Å². The number of aromatic nitrogens is 6. The molecule has 9 N–H and O–H groups in total. The van der Waals surface area contributed by atoms with Crippen LogP contribution in [0.2, 0.25) is 0 Å². The molecule has 1 aliphatic carbocycles. The SMILES string of the molecule is CC(=O)N1c2ccc(C3=CCN(C(=O)COCCOCCOCCOCCOCCOCCOCCOCCNC(=O)CCNC(=O)c4nc(NC(=O)CCNC(=O)c5cc(NC(=O)c6cc(NC(=O)CCNC(=O)c7cc(NC(=O)c8cccn8C)cn7C)cn6C)cn5C)cn4C)CC3)cc2N(Cc2ccccc2CO)C[C@@H]1C1CC1. The number of aryl methyl sites for hydroxylation is 5. The lowest BCUT2D eigenvalue weighted by Gasteiger charge is -2.44. The van der Waals surface area contributed by atoms with E-state index in [0.717, 1.165) is 53.0 Å². The molecule has 0 saturated heterocycles. The zero-order chi connectivity index (χ0) is 83.9. The van der Waals surface area contributed by atoms with Gasteiger partial charge in [0.25, 0.3) is 29.5 Å². The van der Waals surface area contributed by atoms with Gasteiger partial charge in [-0.25, -0.2) is 4.98 Å². The molecule has 1 fully saturated rings. The van der Waals surface area contributed by atoms with E-state index in [1.54, 1.807) is 86.9 Å². The predicted molar refractivity (Wildman–Crippen MR) is 437 cm³/mol. The predicted octanol–water partition coefficient (Wildman–Crippen LogP) is 4.12. The Morgan fingerprint density at radius 2 is 0.975 bits per heavy atom. The maximum absolute atomic E-state index is 13.4. The summed E-state index contributed by atoms with van der Waals surface area (Å²) in [6, 6.07) is 22.3. The highest BCUT2D eigenvalue weighted by molar-refractivity contribution is 6.06. The van der Waals surface area contributed by atoms with Crippen LogP contribution in [-0.4, -0.2) is 254 Å². The lowest BCUT2D eigenvalue weighted by atomic mass is 9.95. The van der Waals surface area contributed by atoms with Crippen molar-refractivity contribution in [3.8, 4) is 0 Å². The molecule has 636 valence electrons. The van der Waals surface area contributed by atoms with E-state index < -0.39 is 35.4 Å². The molecule has 0 bridgehead atoms. The fourth-order valence-corrected chi connectivity index (χ4v) is 13.5. The third-order valence-corrected chi connectivity index (χ3v) is 19.7. The fourth-order valence-electron chi connectivity index (χ4n) is 13.5. The minimum absolute atomic E-state index is 0.00400. The monoisotopic (exact) mass is 1640 g/mol. The minimum atomic E-state index is -0.565. The van der Waals surface area contributed by atoms with Crippen LogP contribution in [0.25, 0.3) is 5.57 Å². The summed E-state index contributed by atoms with van der Waals surface area (Å²) in [6.45, 7) is 9.65. The highest BCUT2D eigenvalue weighted by atomic mass is 16.6. The molecule has 1 saturated carbocycles. The van der Waals surface area contributed by atoms with Crippen molar-refractivity contribution in [2.24, 2.45) is 41.2 Å². The van der Waals surface area contributed by atoms with Gasteiger partial charge in [-0.2, -0.15) is 0 Å². The molecule has 36 nitrogen and oxygen atoms in total. The largest absolute Gasteiger partial charge is 0.392 e. The van der Waals surface area contributed by atoms with Gasteiger partial charge in [0, 0.05) is 145 Å². The molecule has 118 heavy (non-hydrogen) atoms. The zero-order valence-corrected chi connectivity index (χ0v) is 67.8. The molecule has 5 aromatic heterocycles. The molecule has 0 unspecified atom stereocenters. The summed E-state index contributed by atoms with van der Waals surface area (Å²) < 4.78 is 52.3. The van der Waals surface area contributed by atoms with Crippen molar-refractivity contribution < 1.29 is 90.9 Å². The summed E-state index contributed by atoms with van der Waals surface area (Å²) in [6.07, 6.45) is 12.7. The second-order valence-corrected chi connectivity index (χ2v) is 28.6. The van der Waals surface area contributed by atoms with Crippen LogP contribution in [0, 0.1) is 5.92 Å². The number of fused-ring (bicyclic) bond motifs is 1. The summed E-state index contributed by atoms with van der Waals surface area (Å²) in [5, 5.41) is 31.7. The van der Waals surface area contributed by atoms with Gasteiger partial charge >= 0.3 is 0 Å². The number of benzene rings is 2. The van der Waals surface area contributed by atoms with Crippen molar-refractivity contribution in [2.45, 2.75) is 64.6 Å². The number of nitrogens with one attached hydrogen (secondary N) is 8. The van der Waals surface area contributed by atoms with Gasteiger partial charge in [-0.3, -0.25) is 47.9 Å². The molecule has 1 atom stereocenters. The van der Waals surface area contributed by atoms with Crippen LogP contribution in [0.5, 0.6) is 0 Å². The Morgan fingerprint density at radius 3 is 1.49 bits per heavy atom. The third-order valence-electron chi connectivity index (χ3n) is 19.7. The van der Waals surface area contributed by atoms with E-state index in [9.17, 15) is 53.1 Å². The van der Waals surface area contributed by atoms with Gasteiger partial charge < -0.3 is 123 Å². The second-order valence-electron chi connectivity index (χ2n) is 28.6. The van der Waals surface area contributed by atoms with Crippen LogP contribution in [-0.2, 0) is 110 Å². The Kier molecular flexibility index (Phi) is 34.2. The molecule has 3 aliphatic rings. The average Bonchev–Trinajstić information content (AvgIpc) is 1.29. The fraction of sp³-hybridized carbons (Fsp3) is 0.476. The number of hydrogen-bond acceptors (Lipinski definition) is 21. The molecule has 2 aliphatic heterocycles. The van der Waals surface area contributed by atoms with E-state index in [1.165, 1.54) is 44.3 Å². The van der Waals surface area contributed by atoms with Gasteiger partial charge in [0.15, 0.2) is 5.82 Å². The summed E-state index contributed by atoms with van der Waals surface area (Å²) >= 11 is 0. The third kappa shape index (κ3) is 26.8. The number of ether oxygens (including phenoxy) is 8. The molecular weight excluding hydrogens is 1530 g/mol. The lowest BCUT2D eigenvalue weighted by Crippen LogP contribution is -2.52. The van der Waals surface area contributed by atoms with Crippen LogP contribution in [0.3, 0.4) is 0 Å². The van der Waals surface area contributed by atoms with Gasteiger partial charge in [0.1, 0.15) is 29.4 Å². The number of nitrogens with zero attached hydrogens (tertiary/aromatic N) is 9. The molecule has 10 amide bonds. The van der Waals surface area contributed by atoms with E-state index in [0.29, 0.717) is 141 Å². The van der Waals surface area contributed by atoms with Crippen molar-refractivity contribution in [3.63, 3.8) is 0 Å². The summed E-state index contributed by atoms with van der Waals surface area (Å²) in [4.78, 5) is 140. The molecular formula is C82H109N17O19. The Morgan fingerprint density at radius 1 is 0.475 bits per heavy atom. The van der Waals surface area contributed by atoms with Crippen molar-refractivity contribution in [3.05, 3.63) is 155 Å². The van der Waals surface area contributed by atoms with E-state index >= 15 is 0 Å². The molecule has 7 heterocycles. The van der Waals surface area contributed by atoms with Crippen LogP contribution in [0.15, 0.2) is 110 Å². The number of aliphatic hydroxyl groups excluding tert-OH is 1. The maximum Gasteiger partial charge on any atom is 0.287 e. The van der Waals surface area contributed by atoms with Gasteiger partial charge in [-0.15, -0.1) is 0 Å². The first kappa shape index (κ1) is 89.0. The van der Waals surface area contributed by atoms with Crippen molar-refractivity contribution in [1.82, 2.24) is 54.0 Å². The van der Waals surface area contributed by atoms with Gasteiger partial charge in [0.05, 0.1) is 140 Å². The maximum atomic E-state index is 13.4. The summed E-state index contributed by atoms with van der Waals surface area (Å²) in [7, 11) is 8.22. The molecule has 0 radical (unpaired) electrons. The molecule has 10 rings (SSSR count). The number of hydrogen-bond donors (Lipinski definition) is 9. The number of amides is 10. The quantitative estimate of drug-likeness (QED) is 0.0242. The minimum Gasteiger partial charge on any atom is -0.392 e. The van der Waals surface area contributed by atoms with Crippen LogP contribution in [0.4, 0.5) is 34.3 Å². The van der Waals surface area contributed by atoms with Crippen molar-refractivity contribution in [1.29, 1.82) is 0 Å². The van der Waals surface area contributed by atoms with Gasteiger partial charge in [-0.05, 0) is 89.9 Å². The van der Waals surface area contributed by atoms with Gasteiger partial charge in [0.2, 0.25) is 35.4 Å². The van der Waals surface area contributed by atoms with E-state index in [-0.39, 0.29) is 130 Å². The average molecular weight is 1640 g/mol. The number of rotatable bonds is 49. The zero-order valence-electron chi connectivity index (χ0n) is 67.8. The number of carbonyl (C=O) groups is 10. The number of aliphatic hydroxyl groups is 1. The Bertz CT molecular complexity index is 4610. The first-order chi connectivity index (χ1) is 57.1. The smallest absolute Gasteiger partial charge is 0.287 e. The summed E-state index contributed by atoms with van der Waals surface area (Å²) in [5.41, 5.74) is 8.29. The number of carbonyl (C=O) groups excluding carboxylic acids is 10. The highest BCUT2D eigenvalue weighted by Crippen LogP contribution is 2.46. The normalized spacial score (nSPS) is 13.8. The Hall–Kier alpha value is -11.4. The molecule has 2 aromatic carbocycles. The first-order valence-corrected chi connectivity index (χ1v) is 39.5. The second kappa shape index (κ2) is 45.4. The lowest BCUT2D eigenvalue weighted by molar-refractivity contribution is -0.136. The van der Waals surface area contributed by atoms with E-state index in [2.05, 4.69) is 82.8 Å². The van der Waals surface area contributed by atoms with E-state index in [4.69, 9.17) is 37.9 Å². The highest BCUT2D eigenvalue weighted by Gasteiger charge is 2.43. The molecule has 0 spiro atoms. The number of anilines is 6. The molecule has 36 heteroatoms. The Labute approximate surface area is 684 Å². The summed E-state index contributed by atoms with van der Waals surface area (Å²) in [5.74, 6) is -3.05. The van der Waals surface area contributed by atoms with Crippen LogP contribution in [0.1, 0.15) is 115 Å². The Balaban J connectivity index is 0.473. The van der Waals surface area contributed by atoms with Crippen molar-refractivity contribution >= 4 is 98.9 Å². The standard InChI is InChI=1S/C82H109N17O19/c1-56(101)99-65-16-15-59(44-67(65)98(52-71(99)58-13-14-58)48-60-10-7-8-11-61(60)54-100)57-20-27-97(28-21-57)76(105)55-118-43-42-117-41-40-116-39-38-115-37-36-114-35-34-113-33-32-112-31-30-111-29-25-83-73(102)17-22-86-82(110)77-91-72(53-96(77)6)90-75(104)19-24-85-79(107)69-47-64(51-94(69)4)89-81(109)70-45-62(49-95(70)5)87-74(103)18-23-84-78(106)68-46-63(50-93(68)3)88-80(108)66-12-9-26-92(66)2/h7-12,15-16,20,26,44-47,49-51,53,58,71,100H,13-14,17-19,21-25,27-43,48,52,54-55H2,1-6H3,(H,83,102)(H,84,106)(H,85,107)(H,86,110)(H,87,103)(H,88,108)(H,89,109)(H,90,104)/t71-/m1/s1. The van der Waals surface area contributed by atoms with E-state index in [1.807, 2.05) is 23.1 Å². The first-order valence-electron chi connectivity index (χ1n) is 39.5. The number of imidazole rings is 1. The topological polar surface area (TPSA) is 408 Å². The molecule has 7 aromatic rings. The van der Waals surface area contributed by atoms with Crippen LogP contribution >= 0.6 is 0 Å². The van der Waals surface area contributed by atoms with Crippen molar-refractivity contribution in [2.75, 3.05) is 183 Å². The van der Waals surface area contributed by atoms with Crippen LogP contribution < -0.4 is 52.3 Å².